The van der Waals surface area contributed by atoms with Crippen molar-refractivity contribution in [3.05, 3.63) is 29.3 Å². The highest BCUT2D eigenvalue weighted by Gasteiger charge is 2.35. The Balaban J connectivity index is 2.21. The monoisotopic (exact) mass is 332 g/mol. The third kappa shape index (κ3) is 3.75. The van der Waals surface area contributed by atoms with Gasteiger partial charge >= 0.3 is 0 Å². The molecule has 0 radical (unpaired) electrons. The van der Waals surface area contributed by atoms with E-state index in [1.807, 2.05) is 0 Å². The number of likely N-dealkylation sites (N-methyl/N-ethyl adjacent to an activating group) is 1. The second-order valence-corrected chi connectivity index (χ2v) is 6.24. The van der Waals surface area contributed by atoms with Gasteiger partial charge in [-0.3, -0.25) is 14.4 Å². The number of Topliss-reactive ketones (excluding diaryl/α,β-unsaturated/α-hetero) is 1. The van der Waals surface area contributed by atoms with E-state index in [0.717, 1.165) is 6.42 Å². The molecule has 0 spiro atoms. The molecule has 1 unspecified atom stereocenters. The highest BCUT2D eigenvalue weighted by atomic mass is 16.5. The molecular formula is C18H24N2O4. The molecule has 2 amide bonds. The summed E-state index contributed by atoms with van der Waals surface area (Å²) in [6.07, 6.45) is 1.62. The number of hydrogen-bond donors (Lipinski definition) is 0. The smallest absolute Gasteiger partial charge is 0.244 e. The zero-order valence-electron chi connectivity index (χ0n) is 14.7. The molecule has 0 aliphatic carbocycles. The van der Waals surface area contributed by atoms with E-state index in [1.54, 1.807) is 37.2 Å². The van der Waals surface area contributed by atoms with Crippen molar-refractivity contribution in [2.75, 3.05) is 27.7 Å². The van der Waals surface area contributed by atoms with Crippen LogP contribution in [0.2, 0.25) is 0 Å². The fourth-order valence-electron chi connectivity index (χ4n) is 3.02. The van der Waals surface area contributed by atoms with E-state index >= 15 is 0 Å². The molecule has 1 aromatic carbocycles. The number of benzene rings is 1. The minimum Gasteiger partial charge on any atom is -0.496 e. The molecule has 0 N–H and O–H groups in total. The number of methoxy groups -OCH3 is 1. The molecule has 0 aromatic heterocycles. The standard InChI is InChI=1S/C18H24N2O4/c1-12(21)13-7-8-16(24-4)14(10-13)11-17(22)20-9-5-6-15(20)18(23)19(2)3/h7-8,10,15H,5-6,9,11H2,1-4H3. The quantitative estimate of drug-likeness (QED) is 0.767. The van der Waals surface area contributed by atoms with Gasteiger partial charge in [0.1, 0.15) is 11.8 Å². The predicted octanol–water partition coefficient (Wildman–Crippen LogP) is 1.52. The van der Waals surface area contributed by atoms with E-state index in [4.69, 9.17) is 4.74 Å². The Morgan fingerprint density at radius 2 is 2.00 bits per heavy atom. The second-order valence-electron chi connectivity index (χ2n) is 6.24. The maximum absolute atomic E-state index is 12.7. The van der Waals surface area contributed by atoms with Crippen molar-refractivity contribution in [3.63, 3.8) is 0 Å². The van der Waals surface area contributed by atoms with Gasteiger partial charge in [-0.2, -0.15) is 0 Å². The minimum absolute atomic E-state index is 0.0506. The Kier molecular flexibility index (Phi) is 5.59. The van der Waals surface area contributed by atoms with E-state index in [1.165, 1.54) is 18.9 Å². The zero-order chi connectivity index (χ0) is 17.9. The van der Waals surface area contributed by atoms with Crippen molar-refractivity contribution >= 4 is 17.6 Å². The number of likely N-dealkylation sites (tertiary alicyclic amines) is 1. The Morgan fingerprint density at radius 1 is 1.29 bits per heavy atom. The number of nitrogens with zero attached hydrogens (tertiary/aromatic N) is 2. The van der Waals surface area contributed by atoms with Crippen LogP contribution in [-0.4, -0.2) is 61.2 Å². The van der Waals surface area contributed by atoms with Crippen LogP contribution in [0.5, 0.6) is 5.75 Å². The highest BCUT2D eigenvalue weighted by molar-refractivity contribution is 5.95. The first-order valence-electron chi connectivity index (χ1n) is 8.03. The van der Waals surface area contributed by atoms with E-state index in [0.29, 0.717) is 29.8 Å². The molecule has 0 saturated carbocycles. The van der Waals surface area contributed by atoms with Crippen molar-refractivity contribution in [1.29, 1.82) is 0 Å². The number of ether oxygens (including phenoxy) is 1. The van der Waals surface area contributed by atoms with Gasteiger partial charge in [0.05, 0.1) is 13.5 Å². The molecule has 1 heterocycles. The molecule has 130 valence electrons. The second kappa shape index (κ2) is 7.47. The van der Waals surface area contributed by atoms with E-state index in [2.05, 4.69) is 0 Å². The van der Waals surface area contributed by atoms with Crippen LogP contribution in [0, 0.1) is 0 Å². The summed E-state index contributed by atoms with van der Waals surface area (Å²) in [5.41, 5.74) is 1.21. The molecule has 6 nitrogen and oxygen atoms in total. The summed E-state index contributed by atoms with van der Waals surface area (Å²) in [6, 6.07) is 4.68. The lowest BCUT2D eigenvalue weighted by Crippen LogP contribution is -2.46. The number of amides is 2. The summed E-state index contributed by atoms with van der Waals surface area (Å²) >= 11 is 0. The molecule has 1 saturated heterocycles. The lowest BCUT2D eigenvalue weighted by molar-refractivity contribution is -0.141. The number of carbonyl (C=O) groups is 3. The molecule has 0 bridgehead atoms. The lowest BCUT2D eigenvalue weighted by Gasteiger charge is -2.26. The topological polar surface area (TPSA) is 66.9 Å². The Hall–Kier alpha value is -2.37. The van der Waals surface area contributed by atoms with Gasteiger partial charge in [-0.15, -0.1) is 0 Å². The van der Waals surface area contributed by atoms with Crippen molar-refractivity contribution < 1.29 is 19.1 Å². The molecule has 1 fully saturated rings. The summed E-state index contributed by atoms with van der Waals surface area (Å²) in [4.78, 5) is 39.7. The summed E-state index contributed by atoms with van der Waals surface area (Å²) < 4.78 is 5.30. The maximum atomic E-state index is 12.7. The summed E-state index contributed by atoms with van der Waals surface area (Å²) in [5, 5.41) is 0. The zero-order valence-corrected chi connectivity index (χ0v) is 14.7. The number of rotatable bonds is 5. The average Bonchev–Trinajstić information content (AvgIpc) is 3.03. The molecule has 1 aliphatic rings. The van der Waals surface area contributed by atoms with Crippen LogP contribution in [0.4, 0.5) is 0 Å². The van der Waals surface area contributed by atoms with Crippen LogP contribution in [-0.2, 0) is 16.0 Å². The van der Waals surface area contributed by atoms with E-state index < -0.39 is 6.04 Å². The van der Waals surface area contributed by atoms with Gasteiger partial charge in [0, 0.05) is 31.8 Å². The summed E-state index contributed by atoms with van der Waals surface area (Å²) in [5.74, 6) is 0.341. The van der Waals surface area contributed by atoms with Crippen LogP contribution in [0.15, 0.2) is 18.2 Å². The largest absolute Gasteiger partial charge is 0.496 e. The van der Waals surface area contributed by atoms with Gasteiger partial charge < -0.3 is 14.5 Å². The van der Waals surface area contributed by atoms with Crippen LogP contribution >= 0.6 is 0 Å². The van der Waals surface area contributed by atoms with Crippen molar-refractivity contribution in [1.82, 2.24) is 9.80 Å². The molecule has 24 heavy (non-hydrogen) atoms. The Morgan fingerprint density at radius 3 is 2.58 bits per heavy atom. The van der Waals surface area contributed by atoms with E-state index in [9.17, 15) is 14.4 Å². The average molecular weight is 332 g/mol. The Bertz CT molecular complexity index is 654. The van der Waals surface area contributed by atoms with Crippen LogP contribution < -0.4 is 4.74 Å². The minimum atomic E-state index is -0.394. The molecule has 1 aliphatic heterocycles. The predicted molar refractivity (Wildman–Crippen MR) is 90.1 cm³/mol. The van der Waals surface area contributed by atoms with Crippen LogP contribution in [0.25, 0.3) is 0 Å². The fraction of sp³-hybridized carbons (Fsp3) is 0.500. The SMILES string of the molecule is COc1ccc(C(C)=O)cc1CC(=O)N1CCCC1C(=O)N(C)C. The maximum Gasteiger partial charge on any atom is 0.244 e. The first-order chi connectivity index (χ1) is 11.3. The number of hydrogen-bond acceptors (Lipinski definition) is 4. The van der Waals surface area contributed by atoms with Gasteiger partial charge in [-0.05, 0) is 38.0 Å². The van der Waals surface area contributed by atoms with Crippen molar-refractivity contribution in [2.24, 2.45) is 0 Å². The normalized spacial score (nSPS) is 16.8. The van der Waals surface area contributed by atoms with Crippen LogP contribution in [0.3, 0.4) is 0 Å². The third-order valence-corrected chi connectivity index (χ3v) is 4.33. The summed E-state index contributed by atoms with van der Waals surface area (Å²) in [6.45, 7) is 2.07. The number of ketones is 1. The summed E-state index contributed by atoms with van der Waals surface area (Å²) in [7, 11) is 4.93. The molecule has 2 rings (SSSR count). The first kappa shape index (κ1) is 18.0. The molecule has 1 aromatic rings. The Labute approximate surface area is 142 Å². The van der Waals surface area contributed by atoms with Crippen molar-refractivity contribution in [2.45, 2.75) is 32.2 Å². The molecular weight excluding hydrogens is 308 g/mol. The fourth-order valence-corrected chi connectivity index (χ4v) is 3.02. The molecule has 6 heteroatoms. The van der Waals surface area contributed by atoms with Crippen molar-refractivity contribution in [3.8, 4) is 5.75 Å². The highest BCUT2D eigenvalue weighted by Crippen LogP contribution is 2.24. The van der Waals surface area contributed by atoms with Crippen LogP contribution in [0.1, 0.15) is 35.7 Å². The van der Waals surface area contributed by atoms with E-state index in [-0.39, 0.29) is 24.0 Å². The van der Waals surface area contributed by atoms with Gasteiger partial charge in [0.2, 0.25) is 11.8 Å². The van der Waals surface area contributed by atoms with Gasteiger partial charge in [-0.1, -0.05) is 0 Å². The van der Waals surface area contributed by atoms with Gasteiger partial charge in [0.15, 0.2) is 5.78 Å². The third-order valence-electron chi connectivity index (χ3n) is 4.33. The van der Waals surface area contributed by atoms with Gasteiger partial charge in [0.25, 0.3) is 0 Å². The first-order valence-corrected chi connectivity index (χ1v) is 8.03. The molecule has 1 atom stereocenters. The van der Waals surface area contributed by atoms with Gasteiger partial charge in [-0.25, -0.2) is 0 Å². The lowest BCUT2D eigenvalue weighted by atomic mass is 10.0. The number of carbonyl (C=O) groups excluding carboxylic acids is 3.